The van der Waals surface area contributed by atoms with Crippen LogP contribution in [0.4, 0.5) is 0 Å². The highest BCUT2D eigenvalue weighted by atomic mass is 32.1. The van der Waals surface area contributed by atoms with Crippen molar-refractivity contribution in [3.8, 4) is 108 Å². The molecule has 0 aliphatic heterocycles. The lowest BCUT2D eigenvalue weighted by Gasteiger charge is -2.14. The molecular weight excluding hydrogens is 1840 g/mol. The molecule has 0 aliphatic carbocycles. The Kier molecular flexibility index (Phi) is 20.0. The lowest BCUT2D eigenvalue weighted by molar-refractivity contribution is 0.953. The minimum Gasteiger partial charge on any atom is -0.309 e. The smallest absolute Gasteiger partial charge is 0.238 e. The predicted octanol–water partition coefficient (Wildman–Crippen LogP) is 35.7. The molecule has 31 aromatic rings. The molecule has 0 radical (unpaired) electrons. The van der Waals surface area contributed by atoms with Crippen molar-refractivity contribution >= 4 is 204 Å². The monoisotopic (exact) mass is 1920 g/mol. The fourth-order valence-electron chi connectivity index (χ4n) is 22.3. The number of para-hydroxylation sites is 7. The molecular formula is C132H81N11S3. The van der Waals surface area contributed by atoms with Crippen LogP contribution in [-0.4, -0.2) is 52.7 Å². The molecule has 11 nitrogen and oxygen atoms in total. The van der Waals surface area contributed by atoms with E-state index < -0.39 is 0 Å². The van der Waals surface area contributed by atoms with Gasteiger partial charge >= 0.3 is 0 Å². The molecule has 0 fully saturated rings. The van der Waals surface area contributed by atoms with E-state index in [1.54, 1.807) is 0 Å². The molecule has 0 bridgehead atoms. The van der Waals surface area contributed by atoms with Gasteiger partial charge in [0.15, 0.2) is 29.1 Å². The number of aromatic nitrogens is 11. The zero-order chi connectivity index (χ0) is 96.0. The van der Waals surface area contributed by atoms with Gasteiger partial charge in [0, 0.05) is 148 Å². The highest BCUT2D eigenvalue weighted by Crippen LogP contribution is 2.49. The quantitative estimate of drug-likeness (QED) is 0.121. The lowest BCUT2D eigenvalue weighted by Crippen LogP contribution is -2.06. The Morgan fingerprint density at radius 1 is 0.137 bits per heavy atom. The summed E-state index contributed by atoms with van der Waals surface area (Å²) in [6.07, 6.45) is 0. The number of fused-ring (bicyclic) bond motifs is 24. The van der Waals surface area contributed by atoms with Crippen LogP contribution >= 0.6 is 34.0 Å². The number of benzene rings is 21. The normalized spacial score (nSPS) is 11.8. The third-order valence-electron chi connectivity index (χ3n) is 28.7. The topological polar surface area (TPSA) is 102 Å². The second-order valence-electron chi connectivity index (χ2n) is 37.1. The molecule has 21 aromatic carbocycles. The van der Waals surface area contributed by atoms with Crippen LogP contribution in [0.25, 0.3) is 277 Å². The van der Waals surface area contributed by atoms with E-state index in [4.69, 9.17) is 29.9 Å². The summed E-state index contributed by atoms with van der Waals surface area (Å²) in [4.78, 5) is 30.3. The highest BCUT2D eigenvalue weighted by Gasteiger charge is 2.27. The van der Waals surface area contributed by atoms with E-state index in [0.29, 0.717) is 35.1 Å². The molecule has 0 aliphatic rings. The van der Waals surface area contributed by atoms with Gasteiger partial charge in [-0.1, -0.05) is 328 Å². The predicted molar refractivity (Wildman–Crippen MR) is 615 cm³/mol. The SMILES string of the molecule is c1ccc(-c2cc(-c3ccc4c(c3)c3ccccc3n4-c3cccc4sc5ccccc5c34)cc(-n3c4ccccc4c4ccccc43)c2)cc1.c1ccc(-c2nc(-c3ccc4c(c3)c3ccccc3n4-c3cccc4sc5ccccc5c34)nc(-n3c4ccccc4c4ccccc43)n2)cc1.c1ccc(-c2nc(-c3ccccc3)nc(-c3ccc4c(c3)c3ccccc3n4-c3cccc4sc5ccccc5c34)n2)cc1. The van der Waals surface area contributed by atoms with Gasteiger partial charge in [0.05, 0.1) is 72.2 Å². The Bertz CT molecular complexity index is 10100. The summed E-state index contributed by atoms with van der Waals surface area (Å²) >= 11 is 5.56. The van der Waals surface area contributed by atoms with Gasteiger partial charge in [-0.05, 0) is 186 Å². The number of rotatable bonds is 12. The molecule has 14 heteroatoms. The van der Waals surface area contributed by atoms with Crippen LogP contribution in [0, 0.1) is 0 Å². The molecule has 0 amide bonds. The van der Waals surface area contributed by atoms with E-state index >= 15 is 0 Å². The van der Waals surface area contributed by atoms with Crippen molar-refractivity contribution in [2.45, 2.75) is 0 Å². The summed E-state index contributed by atoms with van der Waals surface area (Å²) in [6, 6.07) is 175. The van der Waals surface area contributed by atoms with Gasteiger partial charge in [0.2, 0.25) is 5.95 Å². The molecule has 31 rings (SSSR count). The Hall–Kier alpha value is -18.7. The van der Waals surface area contributed by atoms with Crippen LogP contribution in [0.15, 0.2) is 491 Å². The molecule has 682 valence electrons. The van der Waals surface area contributed by atoms with Crippen molar-refractivity contribution < 1.29 is 0 Å². The van der Waals surface area contributed by atoms with Crippen molar-refractivity contribution in [2.24, 2.45) is 0 Å². The molecule has 0 spiro atoms. The third-order valence-corrected chi connectivity index (χ3v) is 32.1. The zero-order valence-electron chi connectivity index (χ0n) is 78.4. The van der Waals surface area contributed by atoms with Gasteiger partial charge in [0.25, 0.3) is 0 Å². The van der Waals surface area contributed by atoms with Crippen LogP contribution in [0.2, 0.25) is 0 Å². The first-order valence-corrected chi connectivity index (χ1v) is 51.6. The minimum atomic E-state index is 0.592. The van der Waals surface area contributed by atoms with Crippen LogP contribution in [0.5, 0.6) is 0 Å². The van der Waals surface area contributed by atoms with Crippen LogP contribution in [0.3, 0.4) is 0 Å². The number of nitrogens with zero attached hydrogens (tertiary/aromatic N) is 11. The number of hydrogen-bond acceptors (Lipinski definition) is 9. The molecule has 0 N–H and O–H groups in total. The van der Waals surface area contributed by atoms with Gasteiger partial charge in [-0.3, -0.25) is 4.57 Å². The Morgan fingerprint density at radius 2 is 0.377 bits per heavy atom. The fraction of sp³-hybridized carbons (Fsp3) is 0. The second-order valence-corrected chi connectivity index (χ2v) is 40.3. The van der Waals surface area contributed by atoms with E-state index in [0.717, 1.165) is 66.3 Å². The molecule has 0 atom stereocenters. The van der Waals surface area contributed by atoms with E-state index in [2.05, 4.69) is 435 Å². The highest BCUT2D eigenvalue weighted by molar-refractivity contribution is 7.26. The van der Waals surface area contributed by atoms with Crippen LogP contribution in [0.1, 0.15) is 0 Å². The van der Waals surface area contributed by atoms with Gasteiger partial charge in [-0.15, -0.1) is 34.0 Å². The average molecular weight is 1920 g/mol. The largest absolute Gasteiger partial charge is 0.309 e. The summed E-state index contributed by atoms with van der Waals surface area (Å²) in [5.41, 5.74) is 25.9. The van der Waals surface area contributed by atoms with Gasteiger partial charge in [-0.2, -0.15) is 9.97 Å². The van der Waals surface area contributed by atoms with Gasteiger partial charge in [-0.25, -0.2) is 19.9 Å². The summed E-state index contributed by atoms with van der Waals surface area (Å²) < 4.78 is 19.7. The van der Waals surface area contributed by atoms with E-state index in [-0.39, 0.29) is 0 Å². The molecule has 10 heterocycles. The summed E-state index contributed by atoms with van der Waals surface area (Å²) in [5, 5.41) is 19.8. The lowest BCUT2D eigenvalue weighted by atomic mass is 9.96. The summed E-state index contributed by atoms with van der Waals surface area (Å²) in [5.74, 6) is 3.83. The van der Waals surface area contributed by atoms with Gasteiger partial charge < -0.3 is 18.3 Å². The first-order chi connectivity index (χ1) is 72.4. The molecule has 10 aromatic heterocycles. The number of thiophene rings is 3. The maximum absolute atomic E-state index is 5.23. The van der Waals surface area contributed by atoms with E-state index in [1.165, 1.54) is 176 Å². The summed E-state index contributed by atoms with van der Waals surface area (Å²) in [7, 11) is 0. The maximum atomic E-state index is 5.23. The van der Waals surface area contributed by atoms with E-state index in [9.17, 15) is 0 Å². The Morgan fingerprint density at radius 3 is 0.726 bits per heavy atom. The molecule has 0 saturated carbocycles. The van der Waals surface area contributed by atoms with E-state index in [1.807, 2.05) is 113 Å². The first-order valence-electron chi connectivity index (χ1n) is 49.1. The first kappa shape index (κ1) is 84.2. The molecule has 0 unspecified atom stereocenters. The van der Waals surface area contributed by atoms with Crippen molar-refractivity contribution in [2.75, 3.05) is 0 Å². The third kappa shape index (κ3) is 14.0. The minimum absolute atomic E-state index is 0.592. The standard InChI is InChI=1S/C48H30N2S.C45H27N5S.C39H24N4S/c1-2-13-31(14-3-1)33-27-34(29-35(28-33)49-41-19-8-4-15-36(41)37-16-5-9-20-42(37)49)32-25-26-44-40(30-32)38-17-6-10-21-43(38)50(44)45-22-12-24-47-48(45)39-18-7-11-23-46(39)51-47;1-2-13-28(14-3-1)43-46-44(48-45(47-43)50-36-20-9-4-15-30(36)31-16-5-10-21-37(31)50)29-25-26-38-34(27-29)32-17-6-8-19-35(32)49(38)39-22-12-24-41-42(39)33-18-7-11-23-40(33)51-41;1-3-12-25(13-4-1)37-40-38(26-14-5-2-6-15-26)42-39(41-37)27-22-23-32-30(24-27)28-16-7-9-18-31(28)43(32)33-19-11-21-35-36(33)29-17-8-10-20-34(29)44-35/h1-30H;1-27H;1-24H. The Labute approximate surface area is 848 Å². The van der Waals surface area contributed by atoms with Crippen molar-refractivity contribution in [1.82, 2.24) is 52.7 Å². The number of hydrogen-bond donors (Lipinski definition) is 0. The van der Waals surface area contributed by atoms with Crippen molar-refractivity contribution in [1.29, 1.82) is 0 Å². The van der Waals surface area contributed by atoms with Crippen molar-refractivity contribution in [3.63, 3.8) is 0 Å². The summed E-state index contributed by atoms with van der Waals surface area (Å²) in [6.45, 7) is 0. The molecule has 146 heavy (non-hydrogen) atoms. The second kappa shape index (κ2) is 34.6. The molecule has 0 saturated heterocycles. The van der Waals surface area contributed by atoms with Crippen molar-refractivity contribution in [3.05, 3.63) is 491 Å². The zero-order valence-corrected chi connectivity index (χ0v) is 80.9. The van der Waals surface area contributed by atoms with Crippen LogP contribution < -0.4 is 0 Å². The average Bonchev–Trinajstić information content (AvgIpc) is 1.59. The fourth-order valence-corrected chi connectivity index (χ4v) is 25.7. The van der Waals surface area contributed by atoms with Gasteiger partial charge in [0.1, 0.15) is 0 Å². The maximum Gasteiger partial charge on any atom is 0.238 e. The Balaban J connectivity index is 0.000000104. The van der Waals surface area contributed by atoms with Crippen LogP contribution in [-0.2, 0) is 0 Å².